The van der Waals surface area contributed by atoms with Gasteiger partial charge in [0.05, 0.1) is 5.56 Å². The van der Waals surface area contributed by atoms with Crippen LogP contribution in [0, 0.1) is 11.6 Å². The summed E-state index contributed by atoms with van der Waals surface area (Å²) in [5.74, 6) is -2.21. The number of rotatable bonds is 9. The van der Waals surface area contributed by atoms with Crippen molar-refractivity contribution in [3.63, 3.8) is 0 Å². The van der Waals surface area contributed by atoms with Gasteiger partial charge in [0.15, 0.2) is 0 Å². The average Bonchev–Trinajstić information content (AvgIpc) is 2.72. The van der Waals surface area contributed by atoms with Gasteiger partial charge in [-0.3, -0.25) is 9.59 Å². The lowest BCUT2D eigenvalue weighted by molar-refractivity contribution is -0.122. The van der Waals surface area contributed by atoms with E-state index in [1.807, 2.05) is 63.2 Å². The Labute approximate surface area is 182 Å². The quantitative estimate of drug-likeness (QED) is 0.641. The lowest BCUT2D eigenvalue weighted by atomic mass is 9.81. The molecule has 31 heavy (non-hydrogen) atoms. The molecule has 0 fully saturated rings. The molecule has 2 N–H and O–H groups in total. The molecule has 0 aromatic heterocycles. The topological polar surface area (TPSA) is 61.4 Å². The maximum absolute atomic E-state index is 14.5. The minimum atomic E-state index is -0.776. The smallest absolute Gasteiger partial charge is 0.254 e. The van der Waals surface area contributed by atoms with Crippen molar-refractivity contribution in [1.29, 1.82) is 0 Å². The highest BCUT2D eigenvalue weighted by molar-refractivity contribution is 5.94. The third-order valence-electron chi connectivity index (χ3n) is 5.49. The molecule has 0 unspecified atom stereocenters. The highest BCUT2D eigenvalue weighted by Gasteiger charge is 2.25. The van der Waals surface area contributed by atoms with Crippen molar-refractivity contribution < 1.29 is 18.4 Å². The van der Waals surface area contributed by atoms with E-state index in [1.165, 1.54) is 7.05 Å². The number of halogens is 2. The van der Waals surface area contributed by atoms with Gasteiger partial charge in [0.2, 0.25) is 5.91 Å². The monoisotopic (exact) mass is 431 g/mol. The maximum atomic E-state index is 14.5. The van der Waals surface area contributed by atoms with Gasteiger partial charge in [-0.05, 0) is 49.2 Å². The zero-order valence-corrected chi connectivity index (χ0v) is 18.8. The first-order chi connectivity index (χ1) is 14.5. The van der Waals surface area contributed by atoms with Gasteiger partial charge < -0.3 is 15.5 Å². The van der Waals surface area contributed by atoms with E-state index >= 15 is 0 Å². The second kappa shape index (κ2) is 10.5. The van der Waals surface area contributed by atoms with Crippen LogP contribution in [0.5, 0.6) is 0 Å². The second-order valence-corrected chi connectivity index (χ2v) is 8.55. The number of nitrogens with one attached hydrogen (secondary N) is 2. The van der Waals surface area contributed by atoms with Crippen molar-refractivity contribution in [3.8, 4) is 0 Å². The van der Waals surface area contributed by atoms with Gasteiger partial charge in [0, 0.05) is 26.1 Å². The van der Waals surface area contributed by atoms with E-state index in [2.05, 4.69) is 10.6 Å². The van der Waals surface area contributed by atoms with Crippen LogP contribution in [0.3, 0.4) is 0 Å². The van der Waals surface area contributed by atoms with E-state index in [4.69, 9.17) is 0 Å². The number of amides is 2. The highest BCUT2D eigenvalue weighted by atomic mass is 19.1. The summed E-state index contributed by atoms with van der Waals surface area (Å²) >= 11 is 0. The first-order valence-corrected chi connectivity index (χ1v) is 10.2. The Kier molecular flexibility index (Phi) is 8.28. The van der Waals surface area contributed by atoms with Crippen molar-refractivity contribution in [1.82, 2.24) is 15.5 Å². The Morgan fingerprint density at radius 3 is 2.29 bits per heavy atom. The highest BCUT2D eigenvalue weighted by Crippen LogP contribution is 2.26. The third kappa shape index (κ3) is 6.59. The molecule has 2 amide bonds. The normalized spacial score (nSPS) is 12.5. The minimum Gasteiger partial charge on any atom is -0.355 e. The molecule has 2 aromatic carbocycles. The summed E-state index contributed by atoms with van der Waals surface area (Å²) in [5, 5.41) is 5.21. The van der Waals surface area contributed by atoms with Crippen LogP contribution in [0.15, 0.2) is 42.5 Å². The Morgan fingerprint density at radius 2 is 1.71 bits per heavy atom. The Hall–Kier alpha value is -2.80. The molecule has 0 saturated carbocycles. The SMILES string of the molecule is CNC(=O)c1cc(F)c(C[C@@H](CNC(=O)CC(C)(C)c2ccccc2)N(C)C)cc1F. The van der Waals surface area contributed by atoms with E-state index in [-0.39, 0.29) is 41.5 Å². The maximum Gasteiger partial charge on any atom is 0.254 e. The van der Waals surface area contributed by atoms with Crippen LogP contribution in [-0.4, -0.2) is 50.4 Å². The van der Waals surface area contributed by atoms with Gasteiger partial charge in [-0.2, -0.15) is 0 Å². The molecular weight excluding hydrogens is 400 g/mol. The van der Waals surface area contributed by atoms with Crippen LogP contribution in [-0.2, 0) is 16.6 Å². The Bertz CT molecular complexity index is 915. The molecule has 0 aliphatic carbocycles. The van der Waals surface area contributed by atoms with Crippen molar-refractivity contribution in [3.05, 3.63) is 70.8 Å². The largest absolute Gasteiger partial charge is 0.355 e. The molecule has 0 aliphatic rings. The molecule has 7 heteroatoms. The summed E-state index contributed by atoms with van der Waals surface area (Å²) in [6, 6.07) is 11.5. The van der Waals surface area contributed by atoms with Crippen molar-refractivity contribution in [2.75, 3.05) is 27.7 Å². The molecule has 5 nitrogen and oxygen atoms in total. The molecular formula is C24H31F2N3O2. The van der Waals surface area contributed by atoms with Crippen LogP contribution < -0.4 is 10.6 Å². The van der Waals surface area contributed by atoms with Crippen LogP contribution in [0.2, 0.25) is 0 Å². The fraction of sp³-hybridized carbons (Fsp3) is 0.417. The summed E-state index contributed by atoms with van der Waals surface area (Å²) in [5.41, 5.74) is 0.566. The first kappa shape index (κ1) is 24.5. The second-order valence-electron chi connectivity index (χ2n) is 8.55. The number of carbonyl (C=O) groups is 2. The van der Waals surface area contributed by atoms with Gasteiger partial charge in [0.1, 0.15) is 11.6 Å². The molecule has 0 saturated heterocycles. The molecule has 0 radical (unpaired) electrons. The summed E-state index contributed by atoms with van der Waals surface area (Å²) in [4.78, 5) is 26.1. The number of hydrogen-bond donors (Lipinski definition) is 2. The van der Waals surface area contributed by atoms with Crippen LogP contribution in [0.25, 0.3) is 0 Å². The summed E-state index contributed by atoms with van der Waals surface area (Å²) in [6.45, 7) is 4.31. The molecule has 2 aromatic rings. The first-order valence-electron chi connectivity index (χ1n) is 10.2. The molecule has 0 spiro atoms. The lowest BCUT2D eigenvalue weighted by Gasteiger charge is -2.27. The number of carbonyl (C=O) groups excluding carboxylic acids is 2. The fourth-order valence-electron chi connectivity index (χ4n) is 3.43. The predicted octanol–water partition coefficient (Wildman–Crippen LogP) is 3.28. The fourth-order valence-corrected chi connectivity index (χ4v) is 3.43. The zero-order chi connectivity index (χ0) is 23.2. The minimum absolute atomic E-state index is 0.109. The van der Waals surface area contributed by atoms with Crippen LogP contribution >= 0.6 is 0 Å². The summed E-state index contributed by atoms with van der Waals surface area (Å²) in [7, 11) is 4.99. The molecule has 168 valence electrons. The number of nitrogens with zero attached hydrogens (tertiary/aromatic N) is 1. The Morgan fingerprint density at radius 1 is 1.06 bits per heavy atom. The Balaban J connectivity index is 2.05. The van der Waals surface area contributed by atoms with Gasteiger partial charge >= 0.3 is 0 Å². The van der Waals surface area contributed by atoms with E-state index in [1.54, 1.807) is 0 Å². The van der Waals surface area contributed by atoms with Gasteiger partial charge in [-0.15, -0.1) is 0 Å². The standard InChI is InChI=1S/C24H31F2N3O2/c1-24(2,17-9-7-6-8-10-17)14-22(30)28-15-18(29(4)5)11-16-12-21(26)19(13-20(16)25)23(31)27-3/h6-10,12-13,18H,11,14-15H2,1-5H3,(H,27,31)(H,28,30)/t18-/m0/s1. The number of hydrogen-bond acceptors (Lipinski definition) is 3. The van der Waals surface area contributed by atoms with E-state index in [0.29, 0.717) is 6.42 Å². The van der Waals surface area contributed by atoms with E-state index < -0.39 is 17.5 Å². The number of likely N-dealkylation sites (N-methyl/N-ethyl adjacent to an activating group) is 1. The van der Waals surface area contributed by atoms with Gasteiger partial charge in [-0.25, -0.2) is 8.78 Å². The molecule has 0 bridgehead atoms. The van der Waals surface area contributed by atoms with Gasteiger partial charge in [0.25, 0.3) is 5.91 Å². The molecule has 2 rings (SSSR count). The van der Waals surface area contributed by atoms with Crippen molar-refractivity contribution >= 4 is 11.8 Å². The van der Waals surface area contributed by atoms with Crippen LogP contribution in [0.1, 0.15) is 41.8 Å². The average molecular weight is 432 g/mol. The summed E-state index contributed by atoms with van der Waals surface area (Å²) in [6.07, 6.45) is 0.493. The summed E-state index contributed by atoms with van der Waals surface area (Å²) < 4.78 is 28.8. The number of benzene rings is 2. The van der Waals surface area contributed by atoms with Gasteiger partial charge in [-0.1, -0.05) is 44.2 Å². The predicted molar refractivity (Wildman–Crippen MR) is 118 cm³/mol. The van der Waals surface area contributed by atoms with Crippen molar-refractivity contribution in [2.24, 2.45) is 0 Å². The van der Waals surface area contributed by atoms with Crippen LogP contribution in [0.4, 0.5) is 8.78 Å². The zero-order valence-electron chi connectivity index (χ0n) is 18.8. The van der Waals surface area contributed by atoms with Crippen molar-refractivity contribution in [2.45, 2.75) is 38.1 Å². The molecule has 0 aliphatic heterocycles. The van der Waals surface area contributed by atoms with E-state index in [0.717, 1.165) is 17.7 Å². The molecule has 0 heterocycles. The van der Waals surface area contributed by atoms with E-state index in [9.17, 15) is 18.4 Å². The lowest BCUT2D eigenvalue weighted by Crippen LogP contribution is -2.43. The molecule has 1 atom stereocenters. The third-order valence-corrected chi connectivity index (χ3v) is 5.49.